The van der Waals surface area contributed by atoms with Gasteiger partial charge in [-0.1, -0.05) is 11.6 Å². The summed E-state index contributed by atoms with van der Waals surface area (Å²) in [6, 6.07) is 9.32. The molecule has 14 heteroatoms. The molecule has 3 rings (SSSR count). The van der Waals surface area contributed by atoms with Crippen LogP contribution in [-0.4, -0.2) is 72.6 Å². The number of hydrogen-bond donors (Lipinski definition) is 3. The maximum absolute atomic E-state index is 14.1. The molecule has 0 atom stereocenters. The van der Waals surface area contributed by atoms with Crippen molar-refractivity contribution >= 4 is 67.1 Å². The fourth-order valence-electron chi connectivity index (χ4n) is 2.59. The smallest absolute Gasteiger partial charge is 1.00 e. The van der Waals surface area contributed by atoms with Crippen LogP contribution in [0.15, 0.2) is 53.7 Å². The molecule has 0 bridgehead atoms. The van der Waals surface area contributed by atoms with Crippen molar-refractivity contribution in [3.05, 3.63) is 59.8 Å². The Morgan fingerprint density at radius 3 is 2.40 bits per heavy atom. The molecule has 3 aromatic rings. The van der Waals surface area contributed by atoms with Crippen molar-refractivity contribution in [2.75, 3.05) is 7.11 Å². The standard InChI is InChI=1S/C16H14ClFN3O6PS.Ca.2H/c1-27-14-7-2-10(8-13(14)18)15-16(17)19-9-21(15)11-3-5-12(6-4-11)29(25,26)20-28(22,23)24;;;/h2-9H,1H3,(H3,20,22,23,24);;;/q;+2;2*-1. The third kappa shape index (κ3) is 5.61. The van der Waals surface area contributed by atoms with E-state index in [4.69, 9.17) is 26.1 Å². The summed E-state index contributed by atoms with van der Waals surface area (Å²) in [6.07, 6.45) is 1.37. The van der Waals surface area contributed by atoms with Crippen LogP contribution in [-0.2, 0) is 14.6 Å². The number of hydrogen-bond acceptors (Lipinski definition) is 5. The van der Waals surface area contributed by atoms with Gasteiger partial charge in [0.2, 0.25) is 10.0 Å². The predicted octanol–water partition coefficient (Wildman–Crippen LogP) is 2.56. The number of benzene rings is 2. The number of methoxy groups -OCH3 is 1. The molecule has 2 aromatic carbocycles. The molecule has 158 valence electrons. The maximum Gasteiger partial charge on any atom is 2.00 e. The van der Waals surface area contributed by atoms with Crippen LogP contribution in [0, 0.1) is 5.82 Å². The summed E-state index contributed by atoms with van der Waals surface area (Å²) < 4.78 is 56.7. The van der Waals surface area contributed by atoms with Gasteiger partial charge in [0, 0.05) is 11.3 Å². The summed E-state index contributed by atoms with van der Waals surface area (Å²) in [6.45, 7) is 0. The SMILES string of the molecule is COc1ccc(-c2c(Cl)ncn2-c2ccc(S(=O)(=O)NP(=O)(O)O)cc2)cc1F.[Ca+2].[H-].[H-]. The average molecular weight is 504 g/mol. The van der Waals surface area contributed by atoms with E-state index in [9.17, 15) is 17.4 Å². The minimum atomic E-state index is -5.00. The molecule has 0 saturated carbocycles. The number of nitrogens with zero attached hydrogens (tertiary/aromatic N) is 2. The van der Waals surface area contributed by atoms with Gasteiger partial charge in [-0.3, -0.25) is 4.57 Å². The van der Waals surface area contributed by atoms with Gasteiger partial charge in [-0.25, -0.2) is 22.4 Å². The molecule has 1 heterocycles. The Balaban J connectivity index is 0.00000320. The van der Waals surface area contributed by atoms with Crippen molar-refractivity contribution in [1.82, 2.24) is 14.0 Å². The Labute approximate surface area is 209 Å². The summed E-state index contributed by atoms with van der Waals surface area (Å²) in [7, 11) is -8.07. The molecule has 0 radical (unpaired) electrons. The fourth-order valence-corrected chi connectivity index (χ4v) is 5.00. The zero-order valence-electron chi connectivity index (χ0n) is 17.4. The zero-order valence-corrected chi connectivity index (χ0v) is 20.0. The monoisotopic (exact) mass is 503 g/mol. The van der Waals surface area contributed by atoms with Crippen molar-refractivity contribution in [2.45, 2.75) is 4.90 Å². The molecule has 0 fully saturated rings. The number of sulfonamides is 1. The number of nitrogens with one attached hydrogen (secondary N) is 1. The Bertz CT molecular complexity index is 1230. The molecule has 30 heavy (non-hydrogen) atoms. The number of imidazole rings is 1. The summed E-state index contributed by atoms with van der Waals surface area (Å²) >= 11 is 6.15. The molecular weight excluding hydrogens is 488 g/mol. The number of halogens is 2. The Morgan fingerprint density at radius 2 is 1.87 bits per heavy atom. The number of ether oxygens (including phenoxy) is 1. The van der Waals surface area contributed by atoms with Gasteiger partial charge in [-0.05, 0) is 42.5 Å². The van der Waals surface area contributed by atoms with E-state index in [0.29, 0.717) is 16.9 Å². The summed E-state index contributed by atoms with van der Waals surface area (Å²) in [5, 5.41) is 0.0921. The normalized spacial score (nSPS) is 11.8. The van der Waals surface area contributed by atoms with Crippen molar-refractivity contribution in [2.24, 2.45) is 0 Å². The number of rotatable bonds is 6. The molecule has 0 aliphatic heterocycles. The number of aromatic nitrogens is 2. The first-order chi connectivity index (χ1) is 13.5. The van der Waals surface area contributed by atoms with Crippen molar-refractivity contribution in [3.63, 3.8) is 0 Å². The molecular formula is C16H16CaClFN3O6PS. The van der Waals surface area contributed by atoms with E-state index < -0.39 is 23.6 Å². The molecule has 0 saturated heterocycles. The topological polar surface area (TPSA) is 131 Å². The molecule has 0 amide bonds. The third-order valence-corrected chi connectivity index (χ3v) is 6.89. The fraction of sp³-hybridized carbons (Fsp3) is 0.0625. The van der Waals surface area contributed by atoms with Gasteiger partial charge in [-0.15, -0.1) is 4.49 Å². The van der Waals surface area contributed by atoms with E-state index in [1.54, 1.807) is 6.07 Å². The molecule has 0 aliphatic rings. The summed E-state index contributed by atoms with van der Waals surface area (Å²) in [4.78, 5) is 21.3. The van der Waals surface area contributed by atoms with Gasteiger partial charge in [0.25, 0.3) is 0 Å². The third-order valence-electron chi connectivity index (χ3n) is 3.81. The molecule has 0 aliphatic carbocycles. The van der Waals surface area contributed by atoms with Crippen LogP contribution in [0.25, 0.3) is 16.9 Å². The van der Waals surface area contributed by atoms with Gasteiger partial charge in [0.15, 0.2) is 16.7 Å². The first kappa shape index (κ1) is 25.3. The molecule has 0 spiro atoms. The van der Waals surface area contributed by atoms with Gasteiger partial charge in [0.05, 0.1) is 17.7 Å². The Kier molecular flexibility index (Phi) is 8.11. The average Bonchev–Trinajstić information content (AvgIpc) is 3.01. The van der Waals surface area contributed by atoms with Crippen LogP contribution in [0.4, 0.5) is 4.39 Å². The first-order valence-corrected chi connectivity index (χ1v) is 11.3. The molecule has 3 N–H and O–H groups in total. The minimum absolute atomic E-state index is 0. The molecule has 0 unspecified atom stereocenters. The second kappa shape index (κ2) is 9.64. The van der Waals surface area contributed by atoms with Crippen molar-refractivity contribution in [3.8, 4) is 22.7 Å². The minimum Gasteiger partial charge on any atom is -1.00 e. The zero-order chi connectivity index (χ0) is 21.4. The Hall–Kier alpha value is -1.01. The van der Waals surface area contributed by atoms with E-state index in [2.05, 4.69) is 4.98 Å². The molecule has 9 nitrogen and oxygen atoms in total. The largest absolute Gasteiger partial charge is 2.00 e. The van der Waals surface area contributed by atoms with Gasteiger partial charge in [0.1, 0.15) is 6.33 Å². The van der Waals surface area contributed by atoms with Crippen LogP contribution in [0.2, 0.25) is 5.15 Å². The van der Waals surface area contributed by atoms with Crippen LogP contribution < -0.4 is 9.23 Å². The van der Waals surface area contributed by atoms with E-state index >= 15 is 0 Å². The first-order valence-electron chi connectivity index (χ1n) is 7.78. The van der Waals surface area contributed by atoms with Crippen molar-refractivity contribution in [1.29, 1.82) is 0 Å². The second-order valence-corrected chi connectivity index (χ2v) is 9.39. The maximum atomic E-state index is 14.1. The van der Waals surface area contributed by atoms with E-state index in [1.807, 2.05) is 0 Å². The van der Waals surface area contributed by atoms with E-state index in [1.165, 1.54) is 46.8 Å². The second-order valence-electron chi connectivity index (χ2n) is 5.74. The van der Waals surface area contributed by atoms with Crippen LogP contribution in [0.5, 0.6) is 5.75 Å². The molecule has 1 aromatic heterocycles. The van der Waals surface area contributed by atoms with Gasteiger partial charge < -0.3 is 17.4 Å². The van der Waals surface area contributed by atoms with Gasteiger partial charge >= 0.3 is 45.5 Å². The Morgan fingerprint density at radius 1 is 1.23 bits per heavy atom. The van der Waals surface area contributed by atoms with E-state index in [0.717, 1.165) is 12.1 Å². The van der Waals surface area contributed by atoms with Crippen LogP contribution >= 0.6 is 19.3 Å². The van der Waals surface area contributed by atoms with Gasteiger partial charge in [-0.2, -0.15) is 0 Å². The van der Waals surface area contributed by atoms with Crippen LogP contribution in [0.1, 0.15) is 2.85 Å². The van der Waals surface area contributed by atoms with Crippen LogP contribution in [0.3, 0.4) is 0 Å². The van der Waals surface area contributed by atoms with E-state index in [-0.39, 0.29) is 56.4 Å². The summed E-state index contributed by atoms with van der Waals surface area (Å²) in [5.41, 5.74) is 1.20. The quantitative estimate of drug-likeness (QED) is 0.348. The summed E-state index contributed by atoms with van der Waals surface area (Å²) in [5.74, 6) is -0.540. The predicted molar refractivity (Wildman–Crippen MR) is 111 cm³/mol. The van der Waals surface area contributed by atoms with Crippen molar-refractivity contribution < 1.29 is 34.8 Å².